The summed E-state index contributed by atoms with van der Waals surface area (Å²) in [6, 6.07) is 12.6. The molecule has 6 rings (SSSR count). The van der Waals surface area contributed by atoms with Crippen LogP contribution < -0.4 is 0 Å². The maximum absolute atomic E-state index is 10.7. The van der Waals surface area contributed by atoms with Gasteiger partial charge in [0.25, 0.3) is 0 Å². The molecule has 0 aliphatic carbocycles. The lowest BCUT2D eigenvalue weighted by molar-refractivity contribution is 0.213. The van der Waals surface area contributed by atoms with Crippen molar-refractivity contribution in [2.75, 3.05) is 0 Å². The maximum Gasteiger partial charge on any atom is 0.154 e. The van der Waals surface area contributed by atoms with E-state index in [1.807, 2.05) is 29.8 Å². The van der Waals surface area contributed by atoms with Crippen LogP contribution >= 0.6 is 39.1 Å². The van der Waals surface area contributed by atoms with Gasteiger partial charge in [-0.05, 0) is 57.9 Å². The summed E-state index contributed by atoms with van der Waals surface area (Å²) in [6.07, 6.45) is 4.19. The molecule has 1 aromatic carbocycles. The summed E-state index contributed by atoms with van der Waals surface area (Å²) < 4.78 is 5.90. The number of aryl methyl sites for hydroxylation is 1. The van der Waals surface area contributed by atoms with Crippen LogP contribution in [0.5, 0.6) is 0 Å². The van der Waals surface area contributed by atoms with Gasteiger partial charge in [0.2, 0.25) is 0 Å². The van der Waals surface area contributed by atoms with Crippen molar-refractivity contribution in [1.29, 1.82) is 0 Å². The van der Waals surface area contributed by atoms with Crippen molar-refractivity contribution in [3.63, 3.8) is 0 Å². The third-order valence-electron chi connectivity index (χ3n) is 4.99. The van der Waals surface area contributed by atoms with Gasteiger partial charge in [-0.3, -0.25) is 0 Å². The van der Waals surface area contributed by atoms with Gasteiger partial charge in [0, 0.05) is 7.05 Å². The average molecular weight is 546 g/mol. The molecule has 0 radical (unpaired) electrons. The number of halogens is 3. The molecule has 0 saturated carbocycles. The SMILES string of the molecule is Clc1ccc2ncc(Br)n2n1.Cn1cnc2ccc(C(O)c3cnc4ccc(Cl)nn34)cc21. The molecule has 12 heteroatoms. The quantitative estimate of drug-likeness (QED) is 0.344. The highest BCUT2D eigenvalue weighted by Gasteiger charge is 2.17. The fourth-order valence-electron chi connectivity index (χ4n) is 3.36. The smallest absolute Gasteiger partial charge is 0.154 e. The third-order valence-corrected chi connectivity index (χ3v) is 5.93. The van der Waals surface area contributed by atoms with E-state index in [0.29, 0.717) is 21.6 Å². The molecule has 0 aliphatic rings. The van der Waals surface area contributed by atoms with E-state index in [2.05, 4.69) is 41.1 Å². The zero-order chi connectivity index (χ0) is 23.1. The lowest BCUT2D eigenvalue weighted by atomic mass is 10.1. The molecule has 0 amide bonds. The Labute approximate surface area is 205 Å². The summed E-state index contributed by atoms with van der Waals surface area (Å²) >= 11 is 14.9. The first-order chi connectivity index (χ1) is 15.9. The van der Waals surface area contributed by atoms with Crippen molar-refractivity contribution in [2.24, 2.45) is 7.05 Å². The lowest BCUT2D eigenvalue weighted by Crippen LogP contribution is -2.06. The zero-order valence-corrected chi connectivity index (χ0v) is 20.1. The summed E-state index contributed by atoms with van der Waals surface area (Å²) in [5.41, 5.74) is 4.58. The Morgan fingerprint density at radius 2 is 1.55 bits per heavy atom. The molecule has 6 aromatic rings. The van der Waals surface area contributed by atoms with Gasteiger partial charge >= 0.3 is 0 Å². The second-order valence-corrected chi connectivity index (χ2v) is 8.71. The third kappa shape index (κ3) is 4.18. The largest absolute Gasteiger partial charge is 0.382 e. The Morgan fingerprint density at radius 3 is 2.30 bits per heavy atom. The second kappa shape index (κ2) is 8.71. The first-order valence-electron chi connectivity index (χ1n) is 9.66. The van der Waals surface area contributed by atoms with E-state index in [4.69, 9.17) is 23.2 Å². The van der Waals surface area contributed by atoms with E-state index in [-0.39, 0.29) is 0 Å². The molecular weight excluding hydrogens is 531 g/mol. The molecule has 5 heterocycles. The van der Waals surface area contributed by atoms with Gasteiger partial charge in [-0.15, -0.1) is 0 Å². The number of hydrogen-bond donors (Lipinski definition) is 1. The number of aromatic nitrogens is 8. The van der Waals surface area contributed by atoms with Crippen LogP contribution in [0.3, 0.4) is 0 Å². The molecule has 33 heavy (non-hydrogen) atoms. The van der Waals surface area contributed by atoms with Gasteiger partial charge in [0.15, 0.2) is 11.3 Å². The first kappa shape index (κ1) is 21.8. The van der Waals surface area contributed by atoms with Crippen molar-refractivity contribution >= 4 is 61.5 Å². The van der Waals surface area contributed by atoms with E-state index >= 15 is 0 Å². The molecule has 0 saturated heterocycles. The summed E-state index contributed by atoms with van der Waals surface area (Å²) in [7, 11) is 1.92. The monoisotopic (exact) mass is 544 g/mol. The van der Waals surface area contributed by atoms with Crippen LogP contribution in [-0.2, 0) is 7.05 Å². The van der Waals surface area contributed by atoms with Crippen LogP contribution in [-0.4, -0.2) is 43.9 Å². The predicted molar refractivity (Wildman–Crippen MR) is 128 cm³/mol. The summed E-state index contributed by atoms with van der Waals surface area (Å²) in [4.78, 5) is 12.6. The number of aliphatic hydroxyl groups excluding tert-OH is 1. The number of rotatable bonds is 2. The minimum absolute atomic E-state index is 0.348. The Morgan fingerprint density at radius 1 is 0.879 bits per heavy atom. The van der Waals surface area contributed by atoms with Crippen LogP contribution in [0.1, 0.15) is 17.4 Å². The van der Waals surface area contributed by atoms with Crippen LogP contribution in [0.25, 0.3) is 22.3 Å². The molecule has 1 atom stereocenters. The predicted octanol–water partition coefficient (Wildman–Crippen LogP) is 4.50. The van der Waals surface area contributed by atoms with Crippen LogP contribution in [0.15, 0.2) is 65.8 Å². The van der Waals surface area contributed by atoms with Crippen molar-refractivity contribution in [3.05, 3.63) is 87.4 Å². The summed E-state index contributed by atoms with van der Waals surface area (Å²) in [5.74, 6) is 0. The molecule has 5 aromatic heterocycles. The molecule has 0 bridgehead atoms. The van der Waals surface area contributed by atoms with Crippen LogP contribution in [0, 0.1) is 0 Å². The topological polar surface area (TPSA) is 98.4 Å². The van der Waals surface area contributed by atoms with Gasteiger partial charge in [-0.25, -0.2) is 24.0 Å². The number of nitrogens with zero attached hydrogens (tertiary/aromatic N) is 8. The Hall–Kier alpha value is -3.05. The number of aliphatic hydroxyl groups is 1. The molecule has 0 aliphatic heterocycles. The maximum atomic E-state index is 10.7. The van der Waals surface area contributed by atoms with Gasteiger partial charge in [0.05, 0.1) is 35.4 Å². The number of imidazole rings is 3. The van der Waals surface area contributed by atoms with Gasteiger partial charge in [0.1, 0.15) is 21.0 Å². The summed E-state index contributed by atoms with van der Waals surface area (Å²) in [6.45, 7) is 0. The highest BCUT2D eigenvalue weighted by Crippen LogP contribution is 2.25. The minimum Gasteiger partial charge on any atom is -0.382 e. The molecule has 166 valence electrons. The first-order valence-corrected chi connectivity index (χ1v) is 11.2. The van der Waals surface area contributed by atoms with Crippen LogP contribution in [0.2, 0.25) is 10.3 Å². The van der Waals surface area contributed by atoms with E-state index in [1.165, 1.54) is 0 Å². The van der Waals surface area contributed by atoms with Gasteiger partial charge in [-0.2, -0.15) is 10.2 Å². The van der Waals surface area contributed by atoms with Crippen molar-refractivity contribution in [3.8, 4) is 0 Å². The zero-order valence-electron chi connectivity index (χ0n) is 17.0. The molecule has 1 unspecified atom stereocenters. The van der Waals surface area contributed by atoms with E-state index in [0.717, 1.165) is 26.8 Å². The van der Waals surface area contributed by atoms with E-state index < -0.39 is 6.10 Å². The number of benzene rings is 1. The molecule has 1 N–H and O–H groups in total. The minimum atomic E-state index is -0.847. The fourth-order valence-corrected chi connectivity index (χ4v) is 4.00. The highest BCUT2D eigenvalue weighted by atomic mass is 79.9. The average Bonchev–Trinajstić information content (AvgIpc) is 3.51. The van der Waals surface area contributed by atoms with Crippen LogP contribution in [0.4, 0.5) is 0 Å². The number of fused-ring (bicyclic) bond motifs is 3. The molecule has 0 fully saturated rings. The normalized spacial score (nSPS) is 12.3. The fraction of sp³-hybridized carbons (Fsp3) is 0.0952. The van der Waals surface area contributed by atoms with Crippen molar-refractivity contribution in [1.82, 2.24) is 38.7 Å². The van der Waals surface area contributed by atoms with Crippen molar-refractivity contribution < 1.29 is 5.11 Å². The van der Waals surface area contributed by atoms with Gasteiger partial charge < -0.3 is 9.67 Å². The standard InChI is InChI=1S/C15H12ClN5O.C6H3BrClN3/c1-20-8-18-10-3-2-9(6-11(10)20)15(22)12-7-17-14-5-4-13(16)19-21(12)14;7-4-3-9-6-2-1-5(8)10-11(4)6/h2-8,15,22H,1H3;1-3H. The molecule has 9 nitrogen and oxygen atoms in total. The molecular formula is C21H15BrCl2N8O. The molecule has 0 spiro atoms. The van der Waals surface area contributed by atoms with E-state index in [1.54, 1.807) is 52.0 Å². The highest BCUT2D eigenvalue weighted by molar-refractivity contribution is 9.10. The second-order valence-electron chi connectivity index (χ2n) is 7.12. The Kier molecular flexibility index (Phi) is 5.75. The van der Waals surface area contributed by atoms with Crippen molar-refractivity contribution in [2.45, 2.75) is 6.10 Å². The summed E-state index contributed by atoms with van der Waals surface area (Å²) in [5, 5.41) is 19.7. The Bertz CT molecular complexity index is 1610. The Balaban J connectivity index is 0.000000174. The van der Waals surface area contributed by atoms with E-state index in [9.17, 15) is 5.11 Å². The number of hydrogen-bond acceptors (Lipinski definition) is 6. The van der Waals surface area contributed by atoms with Gasteiger partial charge in [-0.1, -0.05) is 29.3 Å². The lowest BCUT2D eigenvalue weighted by Gasteiger charge is -2.10.